The van der Waals surface area contributed by atoms with Gasteiger partial charge in [-0.1, -0.05) is 160 Å². The van der Waals surface area contributed by atoms with E-state index in [0.717, 1.165) is 39.0 Å². The Kier molecular flexibility index (Phi) is 7.74. The SMILES string of the molecule is CC(C)(C)c1ccc(N(c2ccc3c(c2)oc2ccccc23)c2ccc3ccccc3c2-c2ccccc2-c2ccccc2)c(-c2ccccc2)c1. The summed E-state index contributed by atoms with van der Waals surface area (Å²) in [4.78, 5) is 2.45. The summed E-state index contributed by atoms with van der Waals surface area (Å²) in [5.74, 6) is 0. The zero-order valence-electron chi connectivity index (χ0n) is 29.7. The van der Waals surface area contributed by atoms with E-state index in [1.54, 1.807) is 0 Å². The molecule has 1 aromatic heterocycles. The molecule has 1 heterocycles. The molecule has 0 N–H and O–H groups in total. The van der Waals surface area contributed by atoms with Crippen LogP contribution >= 0.6 is 0 Å². The Labute approximate surface area is 305 Å². The number of nitrogens with zero attached hydrogens (tertiary/aromatic N) is 1. The van der Waals surface area contributed by atoms with E-state index in [-0.39, 0.29) is 5.41 Å². The first-order valence-electron chi connectivity index (χ1n) is 18.0. The molecule has 0 radical (unpaired) electrons. The van der Waals surface area contributed by atoms with Crippen LogP contribution in [0.25, 0.3) is 66.1 Å². The van der Waals surface area contributed by atoms with E-state index in [4.69, 9.17) is 4.42 Å². The molecule has 0 atom stereocenters. The molecule has 0 saturated heterocycles. The molecule has 9 rings (SSSR count). The summed E-state index contributed by atoms with van der Waals surface area (Å²) in [5.41, 5.74) is 13.3. The summed E-state index contributed by atoms with van der Waals surface area (Å²) < 4.78 is 6.53. The van der Waals surface area contributed by atoms with E-state index in [9.17, 15) is 0 Å². The zero-order chi connectivity index (χ0) is 35.2. The number of anilines is 3. The van der Waals surface area contributed by atoms with Crippen molar-refractivity contribution in [3.05, 3.63) is 188 Å². The predicted molar refractivity (Wildman–Crippen MR) is 221 cm³/mol. The minimum absolute atomic E-state index is 0.0250. The van der Waals surface area contributed by atoms with Gasteiger partial charge in [-0.2, -0.15) is 0 Å². The van der Waals surface area contributed by atoms with Crippen molar-refractivity contribution < 1.29 is 4.42 Å². The predicted octanol–water partition coefficient (Wildman–Crippen LogP) is 14.5. The van der Waals surface area contributed by atoms with Crippen molar-refractivity contribution in [2.45, 2.75) is 26.2 Å². The summed E-state index contributed by atoms with van der Waals surface area (Å²) in [6.07, 6.45) is 0. The Bertz CT molecular complexity index is 2720. The van der Waals surface area contributed by atoms with Gasteiger partial charge in [-0.15, -0.1) is 0 Å². The van der Waals surface area contributed by atoms with E-state index >= 15 is 0 Å². The van der Waals surface area contributed by atoms with E-state index in [0.29, 0.717) is 0 Å². The van der Waals surface area contributed by atoms with Gasteiger partial charge in [-0.3, -0.25) is 0 Å². The molecular formula is C50H39NO. The Morgan fingerprint density at radius 1 is 0.423 bits per heavy atom. The van der Waals surface area contributed by atoms with Crippen molar-refractivity contribution in [3.8, 4) is 33.4 Å². The molecule has 250 valence electrons. The molecule has 0 saturated carbocycles. The average Bonchev–Trinajstić information content (AvgIpc) is 3.56. The third-order valence-electron chi connectivity index (χ3n) is 10.2. The monoisotopic (exact) mass is 669 g/mol. The van der Waals surface area contributed by atoms with Crippen LogP contribution in [0.5, 0.6) is 0 Å². The normalized spacial score (nSPS) is 11.8. The van der Waals surface area contributed by atoms with Crippen LogP contribution < -0.4 is 4.90 Å². The first kappa shape index (κ1) is 31.6. The highest BCUT2D eigenvalue weighted by atomic mass is 16.3. The van der Waals surface area contributed by atoms with Crippen LogP contribution in [-0.4, -0.2) is 0 Å². The lowest BCUT2D eigenvalue weighted by molar-refractivity contribution is 0.590. The summed E-state index contributed by atoms with van der Waals surface area (Å²) in [5, 5.41) is 4.63. The molecule has 2 nitrogen and oxygen atoms in total. The van der Waals surface area contributed by atoms with Crippen LogP contribution in [0.2, 0.25) is 0 Å². The number of rotatable bonds is 6. The van der Waals surface area contributed by atoms with Gasteiger partial charge in [0.15, 0.2) is 0 Å². The molecule has 2 heteroatoms. The Hall–Kier alpha value is -6.38. The minimum Gasteiger partial charge on any atom is -0.456 e. The van der Waals surface area contributed by atoms with Crippen molar-refractivity contribution in [3.63, 3.8) is 0 Å². The van der Waals surface area contributed by atoms with Crippen LogP contribution in [0.15, 0.2) is 186 Å². The maximum Gasteiger partial charge on any atom is 0.137 e. The number of hydrogen-bond acceptors (Lipinski definition) is 2. The van der Waals surface area contributed by atoms with Gasteiger partial charge < -0.3 is 9.32 Å². The van der Waals surface area contributed by atoms with Gasteiger partial charge in [0.25, 0.3) is 0 Å². The number of hydrogen-bond donors (Lipinski definition) is 0. The van der Waals surface area contributed by atoms with Gasteiger partial charge in [-0.05, 0) is 80.4 Å². The number of furan rings is 1. The minimum atomic E-state index is -0.0250. The molecule has 8 aromatic carbocycles. The van der Waals surface area contributed by atoms with Crippen LogP contribution in [0.1, 0.15) is 26.3 Å². The standard InChI is InChI=1S/C50H39NO/c1-50(2,3)37-27-31-45(44(32-37)35-18-8-5-9-19-35)51(38-28-29-42-41-23-14-15-25-47(41)52-48(42)33-38)46-30-26-36-20-10-11-22-40(36)49(46)43-24-13-12-21-39(43)34-16-6-4-7-17-34/h4-33H,1-3H3. The highest BCUT2D eigenvalue weighted by Crippen LogP contribution is 2.50. The van der Waals surface area contributed by atoms with Crippen molar-refractivity contribution >= 4 is 49.8 Å². The third kappa shape index (κ3) is 5.54. The van der Waals surface area contributed by atoms with Gasteiger partial charge in [-0.25, -0.2) is 0 Å². The van der Waals surface area contributed by atoms with Crippen LogP contribution in [0.4, 0.5) is 17.1 Å². The molecule has 0 fully saturated rings. The van der Waals surface area contributed by atoms with Crippen molar-refractivity contribution in [1.29, 1.82) is 0 Å². The molecule has 0 amide bonds. The van der Waals surface area contributed by atoms with Gasteiger partial charge in [0, 0.05) is 33.7 Å². The quantitative estimate of drug-likeness (QED) is 0.175. The number of para-hydroxylation sites is 1. The first-order chi connectivity index (χ1) is 25.4. The van der Waals surface area contributed by atoms with E-state index in [1.807, 2.05) is 12.1 Å². The molecule has 9 aromatic rings. The van der Waals surface area contributed by atoms with Crippen molar-refractivity contribution in [2.75, 3.05) is 4.90 Å². The maximum atomic E-state index is 6.53. The van der Waals surface area contributed by atoms with Crippen molar-refractivity contribution in [2.24, 2.45) is 0 Å². The first-order valence-corrected chi connectivity index (χ1v) is 18.0. The fourth-order valence-electron chi connectivity index (χ4n) is 7.61. The fraction of sp³-hybridized carbons (Fsp3) is 0.0800. The second kappa shape index (κ2) is 12.7. The van der Waals surface area contributed by atoms with Crippen LogP contribution in [0, 0.1) is 0 Å². The molecule has 52 heavy (non-hydrogen) atoms. The third-order valence-corrected chi connectivity index (χ3v) is 10.2. The highest BCUT2D eigenvalue weighted by Gasteiger charge is 2.26. The topological polar surface area (TPSA) is 16.4 Å². The number of fused-ring (bicyclic) bond motifs is 4. The lowest BCUT2D eigenvalue weighted by Gasteiger charge is -2.32. The molecule has 0 spiro atoms. The molecular weight excluding hydrogens is 631 g/mol. The van der Waals surface area contributed by atoms with Gasteiger partial charge >= 0.3 is 0 Å². The molecule has 0 aliphatic heterocycles. The zero-order valence-corrected chi connectivity index (χ0v) is 29.7. The summed E-state index contributed by atoms with van der Waals surface area (Å²) in [6, 6.07) is 65.6. The second-order valence-corrected chi connectivity index (χ2v) is 14.6. The van der Waals surface area contributed by atoms with Gasteiger partial charge in [0.05, 0.1) is 11.4 Å². The molecule has 0 unspecified atom stereocenters. The molecule has 0 aliphatic rings. The second-order valence-electron chi connectivity index (χ2n) is 14.6. The summed E-state index contributed by atoms with van der Waals surface area (Å²) in [7, 11) is 0. The van der Waals surface area contributed by atoms with Gasteiger partial charge in [0.1, 0.15) is 11.2 Å². The summed E-state index contributed by atoms with van der Waals surface area (Å²) in [6.45, 7) is 6.85. The van der Waals surface area contributed by atoms with Crippen molar-refractivity contribution in [1.82, 2.24) is 0 Å². The Balaban J connectivity index is 1.40. The average molecular weight is 670 g/mol. The summed E-state index contributed by atoms with van der Waals surface area (Å²) >= 11 is 0. The lowest BCUT2D eigenvalue weighted by Crippen LogP contribution is -2.15. The largest absolute Gasteiger partial charge is 0.456 e. The Morgan fingerprint density at radius 2 is 1.02 bits per heavy atom. The smallest absolute Gasteiger partial charge is 0.137 e. The molecule has 0 bridgehead atoms. The highest BCUT2D eigenvalue weighted by molar-refractivity contribution is 6.10. The van der Waals surface area contributed by atoms with E-state index < -0.39 is 0 Å². The van der Waals surface area contributed by atoms with Crippen LogP contribution in [-0.2, 0) is 5.41 Å². The lowest BCUT2D eigenvalue weighted by atomic mass is 9.84. The van der Waals surface area contributed by atoms with Gasteiger partial charge in [0.2, 0.25) is 0 Å². The fourth-order valence-corrected chi connectivity index (χ4v) is 7.61. The molecule has 0 aliphatic carbocycles. The van der Waals surface area contributed by atoms with E-state index in [1.165, 1.54) is 49.7 Å². The van der Waals surface area contributed by atoms with Crippen LogP contribution in [0.3, 0.4) is 0 Å². The number of benzene rings is 8. The maximum absolute atomic E-state index is 6.53. The van der Waals surface area contributed by atoms with E-state index in [2.05, 4.69) is 196 Å². The Morgan fingerprint density at radius 3 is 1.77 bits per heavy atom.